The molecule has 0 aliphatic heterocycles. The molecule has 10 heteroatoms. The molecule has 0 amide bonds. The molecule has 0 spiro atoms. The molecule has 0 saturated carbocycles. The second-order valence-corrected chi connectivity index (χ2v) is 12.2. The van der Waals surface area contributed by atoms with Gasteiger partial charge in [-0.05, 0) is 57.3 Å². The summed E-state index contributed by atoms with van der Waals surface area (Å²) in [5.74, 6) is -2.48. The lowest BCUT2D eigenvalue weighted by Gasteiger charge is -2.36. The molecule has 0 fully saturated rings. The molecule has 0 saturated heterocycles. The molecule has 202 valence electrons. The van der Waals surface area contributed by atoms with Crippen molar-refractivity contribution >= 4 is 67.9 Å². The van der Waals surface area contributed by atoms with Crippen LogP contribution in [0.1, 0.15) is 35.8 Å². The number of benzene rings is 4. The molecule has 0 nitrogen and oxygen atoms in total. The average Bonchev–Trinajstić information content (AvgIpc) is 2.84. The fourth-order valence-corrected chi connectivity index (χ4v) is 5.31. The van der Waals surface area contributed by atoms with Gasteiger partial charge in [0.2, 0.25) is 8.67 Å². The van der Waals surface area contributed by atoms with Crippen molar-refractivity contribution in [3.63, 3.8) is 0 Å². The topological polar surface area (TPSA) is 0 Å². The zero-order chi connectivity index (χ0) is 27.9. The van der Waals surface area contributed by atoms with E-state index < -0.39 is 45.7 Å². The first-order valence-electron chi connectivity index (χ1n) is 11.5. The molecule has 38 heavy (non-hydrogen) atoms. The normalized spacial score (nSPS) is 15.1. The Morgan fingerprint density at radius 3 is 1.11 bits per heavy atom. The van der Waals surface area contributed by atoms with Crippen molar-refractivity contribution in [2.24, 2.45) is 0 Å². The molecule has 0 bridgehead atoms. The summed E-state index contributed by atoms with van der Waals surface area (Å²) in [5, 5.41) is 2.98. The summed E-state index contributed by atoms with van der Waals surface area (Å²) in [4.78, 5) is 0. The highest BCUT2D eigenvalue weighted by atomic mass is 35.5. The van der Waals surface area contributed by atoms with Gasteiger partial charge < -0.3 is 0 Å². The molecule has 4 rings (SSSR count). The van der Waals surface area contributed by atoms with Crippen LogP contribution in [0, 0.1) is 0 Å². The van der Waals surface area contributed by atoms with Gasteiger partial charge in [0.25, 0.3) is 0 Å². The maximum Gasteiger partial charge on any atom is 0.421 e. The third kappa shape index (κ3) is 6.14. The van der Waals surface area contributed by atoms with Gasteiger partial charge in [0, 0.05) is 0 Å². The van der Waals surface area contributed by atoms with Crippen LogP contribution in [0.3, 0.4) is 0 Å². The monoisotopic (exact) mass is 610 g/mol. The van der Waals surface area contributed by atoms with E-state index in [0.29, 0.717) is 21.9 Å². The van der Waals surface area contributed by atoms with E-state index in [1.54, 1.807) is 72.8 Å². The summed E-state index contributed by atoms with van der Waals surface area (Å²) in [6.45, 7) is 0. The molecule has 4 aromatic rings. The first-order valence-corrected chi connectivity index (χ1v) is 13.0. The van der Waals surface area contributed by atoms with Crippen molar-refractivity contribution in [3.8, 4) is 0 Å². The smallest absolute Gasteiger partial charge is 0.168 e. The van der Waals surface area contributed by atoms with E-state index in [9.17, 15) is 26.3 Å². The van der Waals surface area contributed by atoms with Gasteiger partial charge in [0.15, 0.2) is 0 Å². The van der Waals surface area contributed by atoms with Crippen molar-refractivity contribution < 1.29 is 26.3 Å². The van der Waals surface area contributed by atoms with Crippen LogP contribution >= 0.6 is 46.4 Å². The Bertz CT molecular complexity index is 1320. The van der Waals surface area contributed by atoms with E-state index in [2.05, 4.69) is 0 Å². The van der Waals surface area contributed by atoms with Gasteiger partial charge in [0.05, 0.1) is 0 Å². The predicted octanol–water partition coefficient (Wildman–Crippen LogP) is 11.1. The lowest BCUT2D eigenvalue weighted by molar-refractivity contribution is -0.148. The van der Waals surface area contributed by atoms with Gasteiger partial charge in [-0.2, -0.15) is 26.3 Å². The Labute approximate surface area is 235 Å². The molecular formula is C28H20Cl4F6. The molecule has 0 N–H and O–H groups in total. The third-order valence-corrected chi connectivity index (χ3v) is 8.15. The Kier molecular flexibility index (Phi) is 8.13. The van der Waals surface area contributed by atoms with Crippen LogP contribution in [0.2, 0.25) is 0 Å². The van der Waals surface area contributed by atoms with Crippen LogP contribution < -0.4 is 0 Å². The van der Waals surface area contributed by atoms with Crippen molar-refractivity contribution in [2.45, 2.75) is 45.7 Å². The Balaban J connectivity index is 1.94. The van der Waals surface area contributed by atoms with Crippen LogP contribution in [-0.2, 0) is 0 Å². The lowest BCUT2D eigenvalue weighted by atomic mass is 9.75. The highest BCUT2D eigenvalue weighted by Crippen LogP contribution is 2.54. The van der Waals surface area contributed by atoms with E-state index in [0.717, 1.165) is 10.8 Å². The number of fused-ring (bicyclic) bond motifs is 2. The van der Waals surface area contributed by atoms with Gasteiger partial charge >= 0.3 is 12.4 Å². The number of hydrogen-bond acceptors (Lipinski definition) is 0. The van der Waals surface area contributed by atoms with E-state index in [4.69, 9.17) is 46.4 Å². The molecule has 2 atom stereocenters. The predicted molar refractivity (Wildman–Crippen MR) is 144 cm³/mol. The zero-order valence-corrected chi connectivity index (χ0v) is 22.5. The summed E-state index contributed by atoms with van der Waals surface area (Å²) in [6, 6.07) is 24.0. The largest absolute Gasteiger partial charge is 0.421 e. The van der Waals surface area contributed by atoms with E-state index in [1.807, 2.05) is 12.1 Å². The fraction of sp³-hybridized carbons (Fsp3) is 0.286. The molecule has 2 unspecified atom stereocenters. The van der Waals surface area contributed by atoms with Crippen LogP contribution in [0.15, 0.2) is 84.9 Å². The zero-order valence-electron chi connectivity index (χ0n) is 19.4. The van der Waals surface area contributed by atoms with Gasteiger partial charge in [-0.15, -0.1) is 0 Å². The lowest BCUT2D eigenvalue weighted by Crippen LogP contribution is -2.39. The maximum absolute atomic E-state index is 13.9. The molecule has 0 heterocycles. The summed E-state index contributed by atoms with van der Waals surface area (Å²) >= 11 is 23.3. The van der Waals surface area contributed by atoms with E-state index in [-0.39, 0.29) is 0 Å². The maximum atomic E-state index is 13.9. The van der Waals surface area contributed by atoms with Gasteiger partial charge in [0.1, 0.15) is 0 Å². The van der Waals surface area contributed by atoms with Crippen molar-refractivity contribution in [1.29, 1.82) is 0 Å². The second kappa shape index (κ2) is 10.6. The molecule has 4 aromatic carbocycles. The minimum Gasteiger partial charge on any atom is -0.168 e. The first kappa shape index (κ1) is 29.1. The van der Waals surface area contributed by atoms with Crippen molar-refractivity contribution in [2.75, 3.05) is 0 Å². The Morgan fingerprint density at radius 1 is 0.474 bits per heavy atom. The number of alkyl halides is 10. The highest BCUT2D eigenvalue weighted by molar-refractivity contribution is 6.49. The average molecular weight is 612 g/mol. The van der Waals surface area contributed by atoms with Crippen molar-refractivity contribution in [3.05, 3.63) is 96.1 Å². The van der Waals surface area contributed by atoms with Gasteiger partial charge in [-0.25, -0.2) is 0 Å². The van der Waals surface area contributed by atoms with E-state index >= 15 is 0 Å². The Morgan fingerprint density at radius 2 is 0.789 bits per heavy atom. The SMILES string of the molecule is FC(F)(F)C(Cl)(Cl)CC(c1ccc2ccccc2c1)C(CC(Cl)(Cl)C(F)(F)F)c1ccc2ccccc2c1. The standard InChI is InChI=1S/C28H20Cl4F6/c29-25(30,27(33,34)35)15-23(21-11-9-17-5-1-3-7-19(17)13-21)24(16-26(31,32)28(36,37)38)22-12-10-18-6-2-4-8-20(18)14-22/h1-14,23-24H,15-16H2. The summed E-state index contributed by atoms with van der Waals surface area (Å²) in [7, 11) is 0. The van der Waals surface area contributed by atoms with Crippen LogP contribution in [0.4, 0.5) is 26.3 Å². The fourth-order valence-electron chi connectivity index (χ4n) is 4.65. The van der Waals surface area contributed by atoms with Crippen LogP contribution in [0.25, 0.3) is 21.5 Å². The number of hydrogen-bond donors (Lipinski definition) is 0. The molecule has 0 radical (unpaired) electrons. The Hall–Kier alpha value is -1.86. The molecular weight excluding hydrogens is 592 g/mol. The molecule has 0 aliphatic carbocycles. The third-order valence-electron chi connectivity index (χ3n) is 6.67. The highest BCUT2D eigenvalue weighted by Gasteiger charge is 2.57. The summed E-state index contributed by atoms with van der Waals surface area (Å²) in [6.07, 6.45) is -12.0. The molecule has 0 aromatic heterocycles. The minimum absolute atomic E-state index is 0.322. The summed E-state index contributed by atoms with van der Waals surface area (Å²) < 4.78 is 76.7. The van der Waals surface area contributed by atoms with Gasteiger partial charge in [-0.1, -0.05) is 131 Å². The van der Waals surface area contributed by atoms with Crippen molar-refractivity contribution in [1.82, 2.24) is 0 Å². The van der Waals surface area contributed by atoms with Crippen LogP contribution in [-0.4, -0.2) is 21.0 Å². The number of rotatable bonds is 7. The number of halogens is 10. The molecule has 0 aliphatic rings. The summed E-state index contributed by atoms with van der Waals surface area (Å²) in [5.41, 5.74) is 0.645. The van der Waals surface area contributed by atoms with E-state index in [1.165, 1.54) is 0 Å². The first-order chi connectivity index (χ1) is 17.6. The van der Waals surface area contributed by atoms with Gasteiger partial charge in [-0.3, -0.25) is 0 Å². The second-order valence-electron chi connectivity index (χ2n) is 9.24. The quantitative estimate of drug-likeness (QED) is 0.144. The van der Waals surface area contributed by atoms with Crippen LogP contribution in [0.5, 0.6) is 0 Å². The minimum atomic E-state index is -5.05.